The maximum absolute atomic E-state index is 13.3. The van der Waals surface area contributed by atoms with E-state index in [-0.39, 0.29) is 24.1 Å². The van der Waals surface area contributed by atoms with Gasteiger partial charge in [-0.15, -0.1) is 0 Å². The van der Waals surface area contributed by atoms with Crippen LogP contribution in [0.25, 0.3) is 11.1 Å². The number of carboxylic acids is 1. The zero-order valence-corrected chi connectivity index (χ0v) is 21.2. The Morgan fingerprint density at radius 1 is 1.08 bits per heavy atom. The number of aromatic nitrogens is 2. The molecule has 0 fully saturated rings. The van der Waals surface area contributed by atoms with Crippen molar-refractivity contribution in [2.45, 2.75) is 19.0 Å². The molecule has 4 aromatic rings. The molecule has 2 heterocycles. The summed E-state index contributed by atoms with van der Waals surface area (Å²) in [5.74, 6) is -1.50. The molecule has 0 saturated carbocycles. The molecule has 1 amide bonds. The van der Waals surface area contributed by atoms with Gasteiger partial charge in [-0.2, -0.15) is 0 Å². The maximum Gasteiger partial charge on any atom is 0.336 e. The minimum atomic E-state index is -1.08. The van der Waals surface area contributed by atoms with Crippen molar-refractivity contribution in [3.8, 4) is 11.1 Å². The number of nitrogens with zero attached hydrogens (tertiary/aromatic N) is 2. The first kappa shape index (κ1) is 25.3. The minimum absolute atomic E-state index is 0.00708. The molecule has 36 heavy (non-hydrogen) atoms. The van der Waals surface area contributed by atoms with E-state index in [1.807, 2.05) is 6.07 Å². The van der Waals surface area contributed by atoms with Crippen molar-refractivity contribution in [1.82, 2.24) is 14.9 Å². The first-order chi connectivity index (χ1) is 17.3. The second-order valence-corrected chi connectivity index (χ2v) is 9.34. The van der Waals surface area contributed by atoms with E-state index in [1.165, 1.54) is 16.7 Å². The molecular weight excluding hydrogens is 546 g/mol. The van der Waals surface area contributed by atoms with Crippen molar-refractivity contribution in [2.24, 2.45) is 0 Å². The standard InChI is InChI=1S/C27H21BrClN3O4/c28-23-8-7-20(29)14-22(23)18-9-11-32(25(33)13-18)24(12-17-4-3-10-30-15-17)26(34)31-16-19-5-1-2-6-21(19)27(35)36/h1-11,13-15,24H,12,16H2,(H,31,34)(H,35,36). The van der Waals surface area contributed by atoms with Crippen LogP contribution in [-0.2, 0) is 17.8 Å². The van der Waals surface area contributed by atoms with Gasteiger partial charge >= 0.3 is 5.97 Å². The fourth-order valence-corrected chi connectivity index (χ4v) is 4.52. The van der Waals surface area contributed by atoms with Crippen LogP contribution in [0.1, 0.15) is 27.5 Å². The van der Waals surface area contributed by atoms with Crippen molar-refractivity contribution < 1.29 is 14.7 Å². The molecule has 0 spiro atoms. The van der Waals surface area contributed by atoms with Crippen LogP contribution in [0.3, 0.4) is 0 Å². The molecule has 9 heteroatoms. The molecule has 7 nitrogen and oxygen atoms in total. The van der Waals surface area contributed by atoms with Crippen molar-refractivity contribution in [3.63, 3.8) is 0 Å². The zero-order chi connectivity index (χ0) is 25.7. The minimum Gasteiger partial charge on any atom is -0.478 e. The third-order valence-electron chi connectivity index (χ3n) is 5.68. The average Bonchev–Trinajstić information content (AvgIpc) is 2.88. The number of hydrogen-bond acceptors (Lipinski definition) is 4. The van der Waals surface area contributed by atoms with E-state index in [0.29, 0.717) is 16.1 Å². The van der Waals surface area contributed by atoms with Gasteiger partial charge in [-0.05, 0) is 58.7 Å². The second kappa shape index (κ2) is 11.3. The van der Waals surface area contributed by atoms with Crippen LogP contribution >= 0.6 is 27.5 Å². The molecule has 2 aromatic carbocycles. The van der Waals surface area contributed by atoms with Crippen LogP contribution in [0.4, 0.5) is 0 Å². The normalized spacial score (nSPS) is 11.6. The summed E-state index contributed by atoms with van der Waals surface area (Å²) in [7, 11) is 0. The van der Waals surface area contributed by atoms with Crippen LogP contribution < -0.4 is 10.9 Å². The first-order valence-electron chi connectivity index (χ1n) is 11.0. The Balaban J connectivity index is 1.66. The summed E-state index contributed by atoms with van der Waals surface area (Å²) in [5, 5.41) is 12.8. The number of pyridine rings is 2. The largest absolute Gasteiger partial charge is 0.478 e. The van der Waals surface area contributed by atoms with Crippen LogP contribution in [0.15, 0.2) is 94.6 Å². The van der Waals surface area contributed by atoms with Gasteiger partial charge in [-0.25, -0.2) is 4.79 Å². The van der Waals surface area contributed by atoms with Crippen molar-refractivity contribution in [3.05, 3.63) is 122 Å². The summed E-state index contributed by atoms with van der Waals surface area (Å²) >= 11 is 9.62. The van der Waals surface area contributed by atoms with Gasteiger partial charge in [0, 0.05) is 47.1 Å². The molecule has 0 aliphatic heterocycles. The van der Waals surface area contributed by atoms with E-state index in [4.69, 9.17) is 11.6 Å². The van der Waals surface area contributed by atoms with E-state index in [9.17, 15) is 19.5 Å². The number of carboxylic acid groups (broad SMARTS) is 1. The predicted octanol–water partition coefficient (Wildman–Crippen LogP) is 5.12. The van der Waals surface area contributed by atoms with Crippen LogP contribution in [0.5, 0.6) is 0 Å². The van der Waals surface area contributed by atoms with Crippen molar-refractivity contribution >= 4 is 39.4 Å². The van der Waals surface area contributed by atoms with Gasteiger partial charge in [0.1, 0.15) is 6.04 Å². The van der Waals surface area contributed by atoms with E-state index >= 15 is 0 Å². The molecule has 2 N–H and O–H groups in total. The molecule has 0 aliphatic rings. The van der Waals surface area contributed by atoms with Gasteiger partial charge in [0.15, 0.2) is 0 Å². The fraction of sp³-hybridized carbons (Fsp3) is 0.111. The smallest absolute Gasteiger partial charge is 0.336 e. The van der Waals surface area contributed by atoms with E-state index < -0.39 is 17.9 Å². The number of benzene rings is 2. The van der Waals surface area contributed by atoms with Gasteiger partial charge in [-0.3, -0.25) is 14.6 Å². The van der Waals surface area contributed by atoms with Crippen LogP contribution in [-0.4, -0.2) is 26.5 Å². The number of aromatic carboxylic acids is 1. The molecular formula is C27H21BrClN3O4. The zero-order valence-electron chi connectivity index (χ0n) is 18.9. The number of nitrogens with one attached hydrogen (secondary N) is 1. The number of carbonyl (C=O) groups is 2. The van der Waals surface area contributed by atoms with Gasteiger partial charge in [0.05, 0.1) is 5.56 Å². The summed E-state index contributed by atoms with van der Waals surface area (Å²) in [6.07, 6.45) is 5.07. The Morgan fingerprint density at radius 3 is 2.61 bits per heavy atom. The summed E-state index contributed by atoms with van der Waals surface area (Å²) in [6.45, 7) is 0.00708. The number of rotatable bonds is 8. The highest BCUT2D eigenvalue weighted by atomic mass is 79.9. The molecule has 0 saturated heterocycles. The molecule has 0 aliphatic carbocycles. The molecule has 1 atom stereocenters. The molecule has 1 unspecified atom stereocenters. The molecule has 182 valence electrons. The highest BCUT2D eigenvalue weighted by Crippen LogP contribution is 2.30. The Hall–Kier alpha value is -3.75. The Bertz CT molecular complexity index is 1470. The fourth-order valence-electron chi connectivity index (χ4n) is 3.88. The van der Waals surface area contributed by atoms with Crippen molar-refractivity contribution in [2.75, 3.05) is 0 Å². The SMILES string of the molecule is O=C(O)c1ccccc1CNC(=O)C(Cc1cccnc1)n1ccc(-c2cc(Cl)ccc2Br)cc1=O. The number of carbonyl (C=O) groups excluding carboxylic acids is 1. The monoisotopic (exact) mass is 565 g/mol. The highest BCUT2D eigenvalue weighted by Gasteiger charge is 2.23. The maximum atomic E-state index is 13.3. The Morgan fingerprint density at radius 2 is 1.89 bits per heavy atom. The Kier molecular flexibility index (Phi) is 7.97. The Labute approximate surface area is 220 Å². The lowest BCUT2D eigenvalue weighted by Crippen LogP contribution is -2.38. The lowest BCUT2D eigenvalue weighted by Gasteiger charge is -2.20. The van der Waals surface area contributed by atoms with E-state index in [1.54, 1.807) is 67.1 Å². The third-order valence-corrected chi connectivity index (χ3v) is 6.61. The van der Waals surface area contributed by atoms with Gasteiger partial charge < -0.3 is 15.0 Å². The third kappa shape index (κ3) is 5.90. The van der Waals surface area contributed by atoms with Crippen molar-refractivity contribution in [1.29, 1.82) is 0 Å². The van der Waals surface area contributed by atoms with Gasteiger partial charge in [-0.1, -0.05) is 51.8 Å². The highest BCUT2D eigenvalue weighted by molar-refractivity contribution is 9.10. The molecule has 0 radical (unpaired) electrons. The van der Waals surface area contributed by atoms with Crippen LogP contribution in [0.2, 0.25) is 5.02 Å². The van der Waals surface area contributed by atoms with E-state index in [0.717, 1.165) is 15.6 Å². The topological polar surface area (TPSA) is 101 Å². The number of amides is 1. The summed E-state index contributed by atoms with van der Waals surface area (Å²) in [5.41, 5.74) is 2.39. The molecule has 0 bridgehead atoms. The van der Waals surface area contributed by atoms with Crippen LogP contribution in [0, 0.1) is 0 Å². The lowest BCUT2D eigenvalue weighted by atomic mass is 10.0. The molecule has 4 rings (SSSR count). The predicted molar refractivity (Wildman–Crippen MR) is 141 cm³/mol. The quantitative estimate of drug-likeness (QED) is 0.308. The summed E-state index contributed by atoms with van der Waals surface area (Å²) in [6, 6.07) is 17.7. The first-order valence-corrected chi connectivity index (χ1v) is 12.2. The van der Waals surface area contributed by atoms with Gasteiger partial charge in [0.25, 0.3) is 5.56 Å². The summed E-state index contributed by atoms with van der Waals surface area (Å²) in [4.78, 5) is 42.2. The van der Waals surface area contributed by atoms with E-state index in [2.05, 4.69) is 26.2 Å². The molecule has 2 aromatic heterocycles. The van der Waals surface area contributed by atoms with Gasteiger partial charge in [0.2, 0.25) is 5.91 Å². The summed E-state index contributed by atoms with van der Waals surface area (Å²) < 4.78 is 2.15. The number of hydrogen-bond donors (Lipinski definition) is 2. The number of halogens is 2. The average molecular weight is 567 g/mol. The lowest BCUT2D eigenvalue weighted by molar-refractivity contribution is -0.124. The second-order valence-electron chi connectivity index (χ2n) is 8.05.